The van der Waals surface area contributed by atoms with E-state index in [9.17, 15) is 19.2 Å². The average molecular weight is 532 g/mol. The highest BCUT2D eigenvalue weighted by atomic mass is 32.1. The van der Waals surface area contributed by atoms with Crippen molar-refractivity contribution in [2.75, 3.05) is 13.1 Å². The van der Waals surface area contributed by atoms with Gasteiger partial charge in [-0.25, -0.2) is 0 Å². The minimum absolute atomic E-state index is 0.0913. The zero-order valence-corrected chi connectivity index (χ0v) is 22.9. The van der Waals surface area contributed by atoms with E-state index < -0.39 is 5.91 Å². The maximum absolute atomic E-state index is 12.5. The Hall–Kier alpha value is -2.39. The summed E-state index contributed by atoms with van der Waals surface area (Å²) < 4.78 is 7.82. The number of ether oxygens (including phenoxy) is 1. The molecule has 3 aliphatic rings. The Morgan fingerprint density at radius 3 is 2.62 bits per heavy atom. The number of nitrogens with one attached hydrogen (secondary N) is 2. The second-order valence-corrected chi connectivity index (χ2v) is 11.0. The molecule has 37 heavy (non-hydrogen) atoms. The summed E-state index contributed by atoms with van der Waals surface area (Å²) in [5, 5.41) is 2.82. The number of aryl methyl sites for hydroxylation is 1. The van der Waals surface area contributed by atoms with Gasteiger partial charge >= 0.3 is 5.97 Å². The van der Waals surface area contributed by atoms with E-state index in [0.29, 0.717) is 35.8 Å². The van der Waals surface area contributed by atoms with Crippen molar-refractivity contribution in [2.45, 2.75) is 84.0 Å². The van der Waals surface area contributed by atoms with E-state index in [0.717, 1.165) is 51.4 Å². The van der Waals surface area contributed by atoms with Crippen LogP contribution in [0.1, 0.15) is 88.7 Å². The molecule has 4 atom stereocenters. The zero-order chi connectivity index (χ0) is 27.0. The van der Waals surface area contributed by atoms with Crippen molar-refractivity contribution in [3.05, 3.63) is 29.3 Å². The number of nitrogens with two attached hydrogens (primary N) is 1. The molecule has 0 bridgehead atoms. The molecule has 0 saturated heterocycles. The van der Waals surface area contributed by atoms with E-state index >= 15 is 0 Å². The number of fused-ring (bicyclic) bond motifs is 5. The number of primary amides is 1. The Labute approximate surface area is 225 Å². The molecule has 4 N–H and O–H groups in total. The van der Waals surface area contributed by atoms with Gasteiger partial charge in [0, 0.05) is 24.8 Å². The van der Waals surface area contributed by atoms with Crippen molar-refractivity contribution in [3.63, 3.8) is 0 Å². The van der Waals surface area contributed by atoms with Gasteiger partial charge in [0.2, 0.25) is 11.8 Å². The number of hydrogen-bond acceptors (Lipinski definition) is 7. The third-order valence-corrected chi connectivity index (χ3v) is 8.46. The number of rotatable bonds is 9. The van der Waals surface area contributed by atoms with Crippen LogP contribution < -0.4 is 20.5 Å². The summed E-state index contributed by atoms with van der Waals surface area (Å²) in [5.41, 5.74) is 7.21. The second-order valence-electron chi connectivity index (χ2n) is 10.7. The fraction of sp³-hybridized carbons (Fsp3) is 0.643. The highest BCUT2D eigenvalue weighted by Gasteiger charge is 2.54. The predicted molar refractivity (Wildman–Crippen MR) is 145 cm³/mol. The molecule has 4 unspecified atom stereocenters. The minimum Gasteiger partial charge on any atom is -0.427 e. The molecule has 2 fully saturated rings. The number of ketones is 1. The molecule has 9 heteroatoms. The van der Waals surface area contributed by atoms with Gasteiger partial charge in [-0.15, -0.1) is 0 Å². The SMILES string of the molecule is CCCCNC(=O)CCC(=O)Oc1ccc2c(c1)CCC1C2CCC2(C)C(=O)CCC12.NC(=O)CNS. The first-order chi connectivity index (χ1) is 17.7. The first-order valence-electron chi connectivity index (χ1n) is 13.5. The van der Waals surface area contributed by atoms with Gasteiger partial charge in [0.05, 0.1) is 13.0 Å². The summed E-state index contributed by atoms with van der Waals surface area (Å²) in [4.78, 5) is 46.2. The summed E-state index contributed by atoms with van der Waals surface area (Å²) >= 11 is 3.51. The quantitative estimate of drug-likeness (QED) is 0.167. The molecule has 8 nitrogen and oxygen atoms in total. The number of carbonyl (C=O) groups excluding carboxylic acids is 4. The Kier molecular flexibility index (Phi) is 10.6. The van der Waals surface area contributed by atoms with Crippen LogP contribution in [0.5, 0.6) is 5.75 Å². The molecule has 1 aromatic rings. The van der Waals surface area contributed by atoms with E-state index in [1.54, 1.807) is 0 Å². The van der Waals surface area contributed by atoms with E-state index in [1.165, 1.54) is 11.1 Å². The predicted octanol–water partition coefficient (Wildman–Crippen LogP) is 3.62. The van der Waals surface area contributed by atoms with Gasteiger partial charge in [0.25, 0.3) is 0 Å². The summed E-state index contributed by atoms with van der Waals surface area (Å²) in [6.07, 6.45) is 8.18. The third-order valence-electron chi connectivity index (χ3n) is 8.30. The molecule has 0 heterocycles. The number of Topliss-reactive ketones (excluding diaryl/α,β-unsaturated/α-hetero) is 1. The van der Waals surface area contributed by atoms with Crippen LogP contribution in [0.4, 0.5) is 0 Å². The van der Waals surface area contributed by atoms with Crippen molar-refractivity contribution in [2.24, 2.45) is 23.0 Å². The molecular weight excluding hydrogens is 490 g/mol. The summed E-state index contributed by atoms with van der Waals surface area (Å²) in [7, 11) is 0. The maximum Gasteiger partial charge on any atom is 0.311 e. The lowest BCUT2D eigenvalue weighted by Gasteiger charge is -2.48. The summed E-state index contributed by atoms with van der Waals surface area (Å²) in [6.45, 7) is 5.06. The molecule has 2 saturated carbocycles. The lowest BCUT2D eigenvalue weighted by Crippen LogP contribution is -2.42. The van der Waals surface area contributed by atoms with Crippen molar-refractivity contribution >= 4 is 36.4 Å². The normalized spacial score (nSPS) is 25.6. The fourth-order valence-electron chi connectivity index (χ4n) is 6.36. The molecular formula is C28H41N3O5S. The number of amides is 2. The van der Waals surface area contributed by atoms with Gasteiger partial charge in [-0.2, -0.15) is 0 Å². The van der Waals surface area contributed by atoms with Crippen molar-refractivity contribution in [1.82, 2.24) is 10.0 Å². The van der Waals surface area contributed by atoms with E-state index in [4.69, 9.17) is 4.74 Å². The largest absolute Gasteiger partial charge is 0.427 e. The van der Waals surface area contributed by atoms with Crippen molar-refractivity contribution in [3.8, 4) is 5.75 Å². The molecule has 0 aliphatic heterocycles. The smallest absolute Gasteiger partial charge is 0.311 e. The molecule has 3 aliphatic carbocycles. The lowest BCUT2D eigenvalue weighted by atomic mass is 9.55. The minimum atomic E-state index is -0.398. The molecule has 1 aromatic carbocycles. The van der Waals surface area contributed by atoms with E-state index in [1.807, 2.05) is 12.1 Å². The number of benzene rings is 1. The fourth-order valence-corrected chi connectivity index (χ4v) is 6.52. The number of thiol groups is 1. The molecule has 4 rings (SSSR count). The Balaban J connectivity index is 0.000000568. The van der Waals surface area contributed by atoms with Crippen LogP contribution >= 0.6 is 12.8 Å². The van der Waals surface area contributed by atoms with E-state index in [2.05, 4.69) is 48.5 Å². The van der Waals surface area contributed by atoms with Gasteiger partial charge in [0.1, 0.15) is 11.5 Å². The highest BCUT2D eigenvalue weighted by Crippen LogP contribution is 2.59. The van der Waals surface area contributed by atoms with Gasteiger partial charge in [-0.3, -0.25) is 23.9 Å². The Morgan fingerprint density at radius 2 is 1.95 bits per heavy atom. The van der Waals surface area contributed by atoms with Gasteiger partial charge in [-0.1, -0.05) is 39.1 Å². The average Bonchev–Trinajstić information content (AvgIpc) is 3.17. The Bertz CT molecular complexity index is 1000. The van der Waals surface area contributed by atoms with Crippen LogP contribution in [-0.4, -0.2) is 36.7 Å². The van der Waals surface area contributed by atoms with Gasteiger partial charge < -0.3 is 15.8 Å². The molecule has 0 spiro atoms. The lowest BCUT2D eigenvalue weighted by molar-refractivity contribution is -0.136. The van der Waals surface area contributed by atoms with Crippen LogP contribution in [0.25, 0.3) is 0 Å². The topological polar surface area (TPSA) is 128 Å². The monoisotopic (exact) mass is 531 g/mol. The van der Waals surface area contributed by atoms with Crippen molar-refractivity contribution in [1.29, 1.82) is 0 Å². The van der Waals surface area contributed by atoms with Gasteiger partial charge in [0.15, 0.2) is 0 Å². The van der Waals surface area contributed by atoms with Gasteiger partial charge in [-0.05, 0) is 79.5 Å². The zero-order valence-electron chi connectivity index (χ0n) is 22.0. The first-order valence-corrected chi connectivity index (χ1v) is 13.9. The Morgan fingerprint density at radius 1 is 1.16 bits per heavy atom. The summed E-state index contributed by atoms with van der Waals surface area (Å²) in [5.74, 6) is 1.82. The molecule has 2 amide bonds. The van der Waals surface area contributed by atoms with E-state index in [-0.39, 0.29) is 36.7 Å². The van der Waals surface area contributed by atoms with Crippen LogP contribution in [0, 0.1) is 17.3 Å². The first kappa shape index (κ1) is 29.2. The summed E-state index contributed by atoms with van der Waals surface area (Å²) in [6, 6.07) is 6.04. The van der Waals surface area contributed by atoms with Crippen molar-refractivity contribution < 1.29 is 23.9 Å². The molecule has 0 radical (unpaired) electrons. The molecule has 204 valence electrons. The van der Waals surface area contributed by atoms with Crippen LogP contribution in [0.3, 0.4) is 0 Å². The number of hydrogen-bond donors (Lipinski definition) is 4. The number of unbranched alkanes of at least 4 members (excludes halogenated alkanes) is 1. The second kappa shape index (κ2) is 13.4. The third kappa shape index (κ3) is 7.35. The van der Waals surface area contributed by atoms with Crippen LogP contribution in [-0.2, 0) is 25.6 Å². The van der Waals surface area contributed by atoms with Crippen LogP contribution in [0.15, 0.2) is 18.2 Å². The number of esters is 1. The molecule has 0 aromatic heterocycles. The van der Waals surface area contributed by atoms with Crippen LogP contribution in [0.2, 0.25) is 0 Å². The maximum atomic E-state index is 12.5. The number of carbonyl (C=O) groups is 4. The standard InChI is InChI=1S/C26H35NO4.C2H6N2OS/c1-3-4-15-27-24(29)11-12-25(30)31-18-6-8-19-17(16-18)5-7-21-20(19)13-14-26(2)22(21)9-10-23(26)28;3-2(5)1-4-6/h6,8,16,20-22H,3-5,7,9-15H2,1-2H3,(H,27,29);4,6H,1H2,(H2,3,5). The highest BCUT2D eigenvalue weighted by molar-refractivity contribution is 7.78.